The third-order valence-electron chi connectivity index (χ3n) is 5.37. The Morgan fingerprint density at radius 1 is 1.10 bits per heavy atom. The summed E-state index contributed by atoms with van der Waals surface area (Å²) in [6.07, 6.45) is 0.235. The van der Waals surface area contributed by atoms with Crippen LogP contribution in [0.25, 0.3) is 0 Å². The van der Waals surface area contributed by atoms with Gasteiger partial charge in [0.1, 0.15) is 17.1 Å². The molecule has 0 bridgehead atoms. The molecule has 0 spiro atoms. The van der Waals surface area contributed by atoms with E-state index in [1.54, 1.807) is 7.11 Å². The molecular weight excluding hydrogens is 372 g/mol. The molecule has 0 unspecified atom stereocenters. The largest absolute Gasteiger partial charge is 0.496 e. The summed E-state index contributed by atoms with van der Waals surface area (Å²) in [5, 5.41) is 29.7. The summed E-state index contributed by atoms with van der Waals surface area (Å²) in [6.45, 7) is 1.90. The van der Waals surface area contributed by atoms with Gasteiger partial charge >= 0.3 is 0 Å². The minimum atomic E-state index is -1.13. The fourth-order valence-electron chi connectivity index (χ4n) is 3.84. The number of hydrogen-bond acceptors (Lipinski definition) is 6. The highest BCUT2D eigenvalue weighted by atomic mass is 16.5. The molecule has 3 rings (SSSR count). The molecule has 2 aromatic rings. The van der Waals surface area contributed by atoms with Gasteiger partial charge in [0.15, 0.2) is 0 Å². The van der Waals surface area contributed by atoms with E-state index in [4.69, 9.17) is 14.2 Å². The van der Waals surface area contributed by atoms with Crippen LogP contribution < -0.4 is 9.47 Å². The summed E-state index contributed by atoms with van der Waals surface area (Å²) in [5.74, 6) is 1.61. The summed E-state index contributed by atoms with van der Waals surface area (Å²) in [7, 11) is 1.64. The first kappa shape index (κ1) is 21.6. The van der Waals surface area contributed by atoms with Crippen LogP contribution in [0.2, 0.25) is 0 Å². The first-order valence-electron chi connectivity index (χ1n) is 9.98. The van der Waals surface area contributed by atoms with E-state index in [2.05, 4.69) is 0 Å². The predicted octanol–water partition coefficient (Wildman–Crippen LogP) is 2.62. The third-order valence-corrected chi connectivity index (χ3v) is 5.37. The smallest absolute Gasteiger partial charge is 0.122 e. The highest BCUT2D eigenvalue weighted by Crippen LogP contribution is 2.38. The van der Waals surface area contributed by atoms with Crippen LogP contribution in [0.1, 0.15) is 42.6 Å². The van der Waals surface area contributed by atoms with Gasteiger partial charge in [-0.25, -0.2) is 0 Å². The zero-order valence-corrected chi connectivity index (χ0v) is 17.0. The molecule has 29 heavy (non-hydrogen) atoms. The minimum Gasteiger partial charge on any atom is -0.496 e. The maximum Gasteiger partial charge on any atom is 0.122 e. The molecule has 0 saturated carbocycles. The Kier molecular flexibility index (Phi) is 7.14. The lowest BCUT2D eigenvalue weighted by Crippen LogP contribution is -2.48. The van der Waals surface area contributed by atoms with Gasteiger partial charge in [-0.15, -0.1) is 0 Å². The number of rotatable bonds is 8. The Hall–Kier alpha value is -2.12. The minimum absolute atomic E-state index is 0.214. The van der Waals surface area contributed by atoms with E-state index >= 15 is 0 Å². The van der Waals surface area contributed by atoms with Crippen LogP contribution in [-0.2, 0) is 11.2 Å². The molecule has 3 N–H and O–H groups in total. The number of hydrogen-bond donors (Lipinski definition) is 3. The van der Waals surface area contributed by atoms with Crippen LogP contribution in [0.3, 0.4) is 0 Å². The summed E-state index contributed by atoms with van der Waals surface area (Å²) in [4.78, 5) is 0. The summed E-state index contributed by atoms with van der Waals surface area (Å²) in [5.41, 5.74) is 1.87. The van der Waals surface area contributed by atoms with Gasteiger partial charge in [0.25, 0.3) is 0 Å². The van der Waals surface area contributed by atoms with Gasteiger partial charge in [0.05, 0.1) is 39.1 Å². The van der Waals surface area contributed by atoms with Crippen molar-refractivity contribution in [1.82, 2.24) is 0 Å². The van der Waals surface area contributed by atoms with Crippen LogP contribution in [0.15, 0.2) is 42.5 Å². The van der Waals surface area contributed by atoms with Crippen molar-refractivity contribution in [3.05, 3.63) is 59.2 Å². The number of aliphatic hydroxyl groups is 3. The monoisotopic (exact) mass is 402 g/mol. The fourth-order valence-corrected chi connectivity index (χ4v) is 3.84. The lowest BCUT2D eigenvalue weighted by molar-refractivity contribution is -0.198. The highest BCUT2D eigenvalue weighted by molar-refractivity contribution is 5.42. The van der Waals surface area contributed by atoms with E-state index in [-0.39, 0.29) is 19.6 Å². The molecule has 1 saturated heterocycles. The van der Waals surface area contributed by atoms with E-state index in [0.717, 1.165) is 28.2 Å². The fraction of sp³-hybridized carbons (Fsp3) is 0.478. The molecule has 6 heteroatoms. The van der Waals surface area contributed by atoms with Gasteiger partial charge in [-0.3, -0.25) is 0 Å². The van der Waals surface area contributed by atoms with Crippen molar-refractivity contribution in [2.75, 3.05) is 26.9 Å². The number of ether oxygens (including phenoxy) is 3. The molecule has 0 aromatic heterocycles. The van der Waals surface area contributed by atoms with E-state index in [0.29, 0.717) is 19.4 Å². The Labute approximate surface area is 171 Å². The van der Waals surface area contributed by atoms with Crippen LogP contribution in [0, 0.1) is 0 Å². The molecule has 1 aliphatic rings. The van der Waals surface area contributed by atoms with E-state index < -0.39 is 17.8 Å². The lowest BCUT2D eigenvalue weighted by atomic mass is 9.87. The standard InChI is InChI=1S/C23H30O6/c1-3-28-20-7-4-16(5-8-20)10-18-11-17(6-9-21(18)27-2)22-12-19(26)13-23(14-24,15-25)29-22/h4-9,11,19,22,24-26H,3,10,12-15H2,1-2H3/t19-,22-/m1/s1. The van der Waals surface area contributed by atoms with Crippen molar-refractivity contribution in [3.63, 3.8) is 0 Å². The van der Waals surface area contributed by atoms with Gasteiger partial charge in [-0.1, -0.05) is 18.2 Å². The summed E-state index contributed by atoms with van der Waals surface area (Å²) < 4.78 is 17.1. The Morgan fingerprint density at radius 3 is 2.45 bits per heavy atom. The normalized spacial score (nSPS) is 21.0. The van der Waals surface area contributed by atoms with E-state index in [1.165, 1.54) is 0 Å². The van der Waals surface area contributed by atoms with Gasteiger partial charge in [-0.05, 0) is 47.9 Å². The van der Waals surface area contributed by atoms with E-state index in [9.17, 15) is 15.3 Å². The second-order valence-electron chi connectivity index (χ2n) is 7.52. The topological polar surface area (TPSA) is 88.4 Å². The SMILES string of the molecule is CCOc1ccc(Cc2cc([C@H]3C[C@@H](O)CC(CO)(CO)O3)ccc2OC)cc1. The van der Waals surface area contributed by atoms with Crippen molar-refractivity contribution < 1.29 is 29.5 Å². The van der Waals surface area contributed by atoms with Crippen molar-refractivity contribution in [2.24, 2.45) is 0 Å². The Bertz CT molecular complexity index is 784. The molecule has 1 fully saturated rings. The highest BCUT2D eigenvalue weighted by Gasteiger charge is 2.41. The van der Waals surface area contributed by atoms with Crippen molar-refractivity contribution >= 4 is 0 Å². The summed E-state index contributed by atoms with van der Waals surface area (Å²) in [6, 6.07) is 13.8. The maximum absolute atomic E-state index is 10.3. The lowest BCUT2D eigenvalue weighted by Gasteiger charge is -2.41. The second-order valence-corrected chi connectivity index (χ2v) is 7.52. The average molecular weight is 402 g/mol. The molecule has 1 heterocycles. The zero-order chi connectivity index (χ0) is 20.9. The van der Waals surface area contributed by atoms with E-state index in [1.807, 2.05) is 49.4 Å². The molecule has 0 aliphatic carbocycles. The second kappa shape index (κ2) is 9.59. The van der Waals surface area contributed by atoms with Crippen LogP contribution in [-0.4, -0.2) is 54.0 Å². The van der Waals surface area contributed by atoms with Crippen LogP contribution in [0.5, 0.6) is 11.5 Å². The molecule has 158 valence electrons. The summed E-state index contributed by atoms with van der Waals surface area (Å²) >= 11 is 0. The molecule has 0 amide bonds. The molecule has 1 aliphatic heterocycles. The van der Waals surface area contributed by atoms with Crippen molar-refractivity contribution in [2.45, 2.75) is 44.0 Å². The van der Waals surface area contributed by atoms with Gasteiger partial charge < -0.3 is 29.5 Å². The van der Waals surface area contributed by atoms with Crippen LogP contribution >= 0.6 is 0 Å². The maximum atomic E-state index is 10.3. The Balaban J connectivity index is 1.84. The van der Waals surface area contributed by atoms with Gasteiger partial charge in [0, 0.05) is 19.3 Å². The first-order chi connectivity index (χ1) is 14.0. The quantitative estimate of drug-likeness (QED) is 0.629. The first-order valence-corrected chi connectivity index (χ1v) is 9.98. The molecule has 2 atom stereocenters. The van der Waals surface area contributed by atoms with Gasteiger partial charge in [0.2, 0.25) is 0 Å². The van der Waals surface area contributed by atoms with Crippen molar-refractivity contribution in [1.29, 1.82) is 0 Å². The average Bonchev–Trinajstić information content (AvgIpc) is 2.74. The Morgan fingerprint density at radius 2 is 1.83 bits per heavy atom. The molecular formula is C23H30O6. The van der Waals surface area contributed by atoms with Gasteiger partial charge in [-0.2, -0.15) is 0 Å². The van der Waals surface area contributed by atoms with Crippen molar-refractivity contribution in [3.8, 4) is 11.5 Å². The predicted molar refractivity (Wildman–Crippen MR) is 109 cm³/mol. The zero-order valence-electron chi connectivity index (χ0n) is 17.0. The van der Waals surface area contributed by atoms with Crippen LogP contribution in [0.4, 0.5) is 0 Å². The number of benzene rings is 2. The molecule has 2 aromatic carbocycles. The molecule has 0 radical (unpaired) electrons. The third kappa shape index (κ3) is 5.08. The molecule has 6 nitrogen and oxygen atoms in total. The number of methoxy groups -OCH3 is 1. The number of aliphatic hydroxyl groups excluding tert-OH is 3.